The normalized spacial score (nSPS) is 20.8. The van der Waals surface area contributed by atoms with Crippen molar-refractivity contribution < 1.29 is 8.42 Å². The molecule has 1 aromatic rings. The second-order valence-electron chi connectivity index (χ2n) is 5.66. The highest BCUT2D eigenvalue weighted by molar-refractivity contribution is 7.90. The maximum absolute atomic E-state index is 11.0. The molecule has 21 heavy (non-hydrogen) atoms. The smallest absolute Gasteiger partial charge is 0.296 e. The quantitative estimate of drug-likeness (QED) is 0.642. The van der Waals surface area contributed by atoms with Crippen molar-refractivity contribution in [2.24, 2.45) is 5.14 Å². The Kier molecular flexibility index (Phi) is 5.44. The van der Waals surface area contributed by atoms with Crippen molar-refractivity contribution in [3.63, 3.8) is 0 Å². The maximum Gasteiger partial charge on any atom is 0.296 e. The minimum atomic E-state index is -3.73. The number of nitrogens with two attached hydrogens (primary N) is 1. The zero-order valence-electron chi connectivity index (χ0n) is 12.3. The summed E-state index contributed by atoms with van der Waals surface area (Å²) in [6.07, 6.45) is 4.82. The maximum atomic E-state index is 11.0. The van der Waals surface area contributed by atoms with Crippen LogP contribution >= 0.6 is 0 Å². The number of rotatable bonds is 6. The van der Waals surface area contributed by atoms with Gasteiger partial charge in [-0.15, -0.1) is 0 Å². The van der Waals surface area contributed by atoms with Crippen LogP contribution in [0.3, 0.4) is 0 Å². The summed E-state index contributed by atoms with van der Waals surface area (Å²) in [5.74, 6) is 0. The third-order valence-corrected chi connectivity index (χ3v) is 4.11. The van der Waals surface area contributed by atoms with Crippen molar-refractivity contribution in [2.45, 2.75) is 44.7 Å². The van der Waals surface area contributed by atoms with Gasteiger partial charge in [-0.2, -0.15) is 8.42 Å². The number of hydrogen-bond donors (Lipinski definition) is 4. The summed E-state index contributed by atoms with van der Waals surface area (Å²) in [5.41, 5.74) is 1.34. The number of benzene rings is 1. The van der Waals surface area contributed by atoms with E-state index in [1.165, 1.54) is 19.3 Å². The summed E-state index contributed by atoms with van der Waals surface area (Å²) in [6.45, 7) is 3.24. The van der Waals surface area contributed by atoms with E-state index in [4.69, 9.17) is 5.14 Å². The molecule has 6 nitrogen and oxygen atoms in total. The highest BCUT2D eigenvalue weighted by atomic mass is 32.2. The lowest BCUT2D eigenvalue weighted by Gasteiger charge is -2.27. The van der Waals surface area contributed by atoms with Crippen LogP contribution in [0.25, 0.3) is 0 Å². The van der Waals surface area contributed by atoms with E-state index in [-0.39, 0.29) is 0 Å². The molecule has 2 unspecified atom stereocenters. The third kappa shape index (κ3) is 5.91. The van der Waals surface area contributed by atoms with Gasteiger partial charge in [0.2, 0.25) is 0 Å². The van der Waals surface area contributed by atoms with Crippen LogP contribution in [0, 0.1) is 0 Å². The molecule has 0 aromatic heterocycles. The first kappa shape index (κ1) is 16.1. The van der Waals surface area contributed by atoms with Crippen LogP contribution in [-0.2, 0) is 10.2 Å². The Labute approximate surface area is 126 Å². The molecule has 118 valence electrons. The molecule has 7 heteroatoms. The monoisotopic (exact) mass is 312 g/mol. The molecular formula is C14H24N4O2S. The van der Waals surface area contributed by atoms with Crippen molar-refractivity contribution in [1.29, 1.82) is 0 Å². The lowest BCUT2D eigenvalue weighted by atomic mass is 9.98. The SMILES string of the molecule is CC(CC1CCCCN1)Nc1cccc(NS(N)(=O)=O)c1. The van der Waals surface area contributed by atoms with Gasteiger partial charge < -0.3 is 10.6 Å². The van der Waals surface area contributed by atoms with Crippen molar-refractivity contribution in [3.8, 4) is 0 Å². The van der Waals surface area contributed by atoms with Crippen molar-refractivity contribution >= 4 is 21.6 Å². The van der Waals surface area contributed by atoms with Gasteiger partial charge in [0.05, 0.1) is 5.69 Å². The zero-order valence-corrected chi connectivity index (χ0v) is 13.1. The molecule has 1 saturated heterocycles. The minimum Gasteiger partial charge on any atom is -0.382 e. The molecule has 1 aromatic carbocycles. The van der Waals surface area contributed by atoms with Gasteiger partial charge in [0.1, 0.15) is 0 Å². The Morgan fingerprint density at radius 2 is 2.14 bits per heavy atom. The van der Waals surface area contributed by atoms with Gasteiger partial charge in [0, 0.05) is 17.8 Å². The fraction of sp³-hybridized carbons (Fsp3) is 0.571. The van der Waals surface area contributed by atoms with Crippen molar-refractivity contribution in [3.05, 3.63) is 24.3 Å². The predicted molar refractivity (Wildman–Crippen MR) is 86.5 cm³/mol. The summed E-state index contributed by atoms with van der Waals surface area (Å²) >= 11 is 0. The number of nitrogens with one attached hydrogen (secondary N) is 3. The van der Waals surface area contributed by atoms with Crippen molar-refractivity contribution in [2.75, 3.05) is 16.6 Å². The largest absolute Gasteiger partial charge is 0.382 e. The molecule has 1 aliphatic rings. The molecule has 0 amide bonds. The second kappa shape index (κ2) is 7.11. The Hall–Kier alpha value is -1.31. The summed E-state index contributed by atoms with van der Waals surface area (Å²) in [7, 11) is -3.73. The average Bonchev–Trinajstić information content (AvgIpc) is 2.38. The first-order valence-corrected chi connectivity index (χ1v) is 8.87. The molecule has 0 radical (unpaired) electrons. The Morgan fingerprint density at radius 1 is 1.38 bits per heavy atom. The van der Waals surface area contributed by atoms with Crippen LogP contribution in [0.4, 0.5) is 11.4 Å². The van der Waals surface area contributed by atoms with Crippen LogP contribution < -0.4 is 20.5 Å². The van der Waals surface area contributed by atoms with Crippen LogP contribution in [0.5, 0.6) is 0 Å². The minimum absolute atomic E-state index is 0.310. The zero-order chi connectivity index (χ0) is 15.3. The van der Waals surface area contributed by atoms with Crippen LogP contribution in [0.2, 0.25) is 0 Å². The van der Waals surface area contributed by atoms with Crippen LogP contribution in [0.1, 0.15) is 32.6 Å². The van der Waals surface area contributed by atoms with E-state index in [1.54, 1.807) is 18.2 Å². The third-order valence-electron chi connectivity index (χ3n) is 3.59. The van der Waals surface area contributed by atoms with Crippen LogP contribution in [0.15, 0.2) is 24.3 Å². The summed E-state index contributed by atoms with van der Waals surface area (Å²) in [4.78, 5) is 0. The summed E-state index contributed by atoms with van der Waals surface area (Å²) in [5, 5.41) is 11.9. The molecule has 1 heterocycles. The summed E-state index contributed by atoms with van der Waals surface area (Å²) in [6, 6.07) is 8.00. The first-order chi connectivity index (χ1) is 9.92. The standard InChI is InChI=1S/C14H24N4O2S/c1-11(9-12-5-2-3-8-16-12)17-13-6-4-7-14(10-13)18-21(15,19)20/h4,6-7,10-12,16-18H,2-3,5,8-9H2,1H3,(H2,15,19,20). The van der Waals surface area contributed by atoms with Gasteiger partial charge in [0.25, 0.3) is 10.2 Å². The fourth-order valence-electron chi connectivity index (χ4n) is 2.73. The topological polar surface area (TPSA) is 96.2 Å². The van der Waals surface area contributed by atoms with Gasteiger partial charge >= 0.3 is 0 Å². The number of hydrogen-bond acceptors (Lipinski definition) is 4. The van der Waals surface area contributed by atoms with E-state index in [0.29, 0.717) is 17.8 Å². The van der Waals surface area contributed by atoms with E-state index in [2.05, 4.69) is 22.3 Å². The summed E-state index contributed by atoms with van der Waals surface area (Å²) < 4.78 is 24.3. The molecular weight excluding hydrogens is 288 g/mol. The van der Waals surface area contributed by atoms with E-state index >= 15 is 0 Å². The molecule has 1 fully saturated rings. The van der Waals surface area contributed by atoms with E-state index in [0.717, 1.165) is 18.7 Å². The van der Waals surface area contributed by atoms with E-state index in [9.17, 15) is 8.42 Å². The average molecular weight is 312 g/mol. The molecule has 0 saturated carbocycles. The van der Waals surface area contributed by atoms with Gasteiger partial charge in [-0.05, 0) is 50.9 Å². The van der Waals surface area contributed by atoms with Gasteiger partial charge in [0.15, 0.2) is 0 Å². The lowest BCUT2D eigenvalue weighted by molar-refractivity contribution is 0.371. The van der Waals surface area contributed by atoms with Gasteiger partial charge in [-0.3, -0.25) is 4.72 Å². The lowest BCUT2D eigenvalue weighted by Crippen LogP contribution is -2.37. The van der Waals surface area contributed by atoms with E-state index < -0.39 is 10.2 Å². The highest BCUT2D eigenvalue weighted by Gasteiger charge is 2.15. The van der Waals surface area contributed by atoms with Crippen molar-refractivity contribution in [1.82, 2.24) is 5.32 Å². The first-order valence-electron chi connectivity index (χ1n) is 7.33. The van der Waals surface area contributed by atoms with Gasteiger partial charge in [-0.1, -0.05) is 12.5 Å². The molecule has 0 spiro atoms. The predicted octanol–water partition coefficient (Wildman–Crippen LogP) is 1.63. The van der Waals surface area contributed by atoms with Gasteiger partial charge in [-0.25, -0.2) is 5.14 Å². The molecule has 0 aliphatic carbocycles. The van der Waals surface area contributed by atoms with E-state index in [1.807, 2.05) is 6.07 Å². The second-order valence-corrected chi connectivity index (χ2v) is 6.95. The molecule has 5 N–H and O–H groups in total. The Morgan fingerprint density at radius 3 is 2.81 bits per heavy atom. The molecule has 0 bridgehead atoms. The Balaban J connectivity index is 1.90. The number of piperidine rings is 1. The number of anilines is 2. The Bertz CT molecular complexity index is 556. The highest BCUT2D eigenvalue weighted by Crippen LogP contribution is 2.19. The molecule has 1 aliphatic heterocycles. The fourth-order valence-corrected chi connectivity index (χ4v) is 3.19. The van der Waals surface area contributed by atoms with Crippen LogP contribution in [-0.4, -0.2) is 27.0 Å². The molecule has 2 rings (SSSR count). The molecule has 2 atom stereocenters.